The normalized spacial score (nSPS) is 17.2. The molecule has 2 N–H and O–H groups in total. The van der Waals surface area contributed by atoms with Gasteiger partial charge >= 0.3 is 0 Å². The highest BCUT2D eigenvalue weighted by Crippen LogP contribution is 2.32. The van der Waals surface area contributed by atoms with E-state index in [1.54, 1.807) is 6.07 Å². The maximum absolute atomic E-state index is 13.2. The molecule has 1 atom stereocenters. The number of hydrogen-bond acceptors (Lipinski definition) is 5. The third kappa shape index (κ3) is 4.05. The van der Waals surface area contributed by atoms with Gasteiger partial charge in [0.1, 0.15) is 10.3 Å². The van der Waals surface area contributed by atoms with Crippen molar-refractivity contribution in [1.82, 2.24) is 14.9 Å². The second-order valence-electron chi connectivity index (χ2n) is 6.28. The van der Waals surface area contributed by atoms with Gasteiger partial charge in [-0.25, -0.2) is 8.42 Å². The molecular formula is C18H21N3O4S2. The fraction of sp³-hybridized carbons (Fsp3) is 0.333. The first kappa shape index (κ1) is 19.5. The lowest BCUT2D eigenvalue weighted by Crippen LogP contribution is -2.51. The summed E-state index contributed by atoms with van der Waals surface area (Å²) in [5, 5.41) is 5.22. The van der Waals surface area contributed by atoms with Gasteiger partial charge in [-0.15, -0.1) is 11.3 Å². The van der Waals surface area contributed by atoms with Crippen LogP contribution in [-0.4, -0.2) is 37.6 Å². The molecule has 0 bridgehead atoms. The number of nitrogens with zero attached hydrogens (tertiary/aromatic N) is 1. The summed E-state index contributed by atoms with van der Waals surface area (Å²) in [6.07, 6.45) is 0.333. The Hall–Kier alpha value is -2.23. The number of carbonyl (C=O) groups excluding carboxylic acids is 2. The first-order chi connectivity index (χ1) is 12.8. The van der Waals surface area contributed by atoms with Gasteiger partial charge in [0, 0.05) is 25.4 Å². The number of thiophene rings is 1. The molecule has 1 aliphatic heterocycles. The van der Waals surface area contributed by atoms with Crippen LogP contribution >= 0.6 is 11.3 Å². The van der Waals surface area contributed by atoms with Gasteiger partial charge in [0.25, 0.3) is 10.0 Å². The Kier molecular flexibility index (Phi) is 5.64. The average molecular weight is 408 g/mol. The molecule has 2 heterocycles. The topological polar surface area (TPSA) is 95.6 Å². The number of likely N-dealkylation sites (N-methyl/N-ethyl adjacent to an activating group) is 1. The Morgan fingerprint density at radius 1 is 1.19 bits per heavy atom. The number of benzene rings is 1. The number of rotatable bonds is 5. The van der Waals surface area contributed by atoms with Gasteiger partial charge < -0.3 is 10.6 Å². The zero-order valence-electron chi connectivity index (χ0n) is 15.1. The van der Waals surface area contributed by atoms with Gasteiger partial charge in [0.15, 0.2) is 0 Å². The SMILES string of the molecule is CNC(=O)[C@@H]1Cc2ccccc2CN1S(=O)(=O)c1ccc(CNC(C)=O)s1. The minimum atomic E-state index is -3.85. The van der Waals surface area contributed by atoms with E-state index in [1.165, 1.54) is 24.3 Å². The van der Waals surface area contributed by atoms with Crippen LogP contribution in [0.3, 0.4) is 0 Å². The third-order valence-electron chi connectivity index (χ3n) is 4.47. The fourth-order valence-corrected chi connectivity index (χ4v) is 6.05. The molecule has 3 rings (SSSR count). The first-order valence-electron chi connectivity index (χ1n) is 8.46. The summed E-state index contributed by atoms with van der Waals surface area (Å²) < 4.78 is 27.9. The summed E-state index contributed by atoms with van der Waals surface area (Å²) in [4.78, 5) is 24.2. The van der Waals surface area contributed by atoms with E-state index in [0.29, 0.717) is 6.42 Å². The number of nitrogens with one attached hydrogen (secondary N) is 2. The lowest BCUT2D eigenvalue weighted by atomic mass is 9.95. The summed E-state index contributed by atoms with van der Waals surface area (Å²) in [5.74, 6) is -0.511. The third-order valence-corrected chi connectivity index (χ3v) is 7.87. The molecule has 1 aliphatic rings. The standard InChI is InChI=1S/C18H21N3O4S2/c1-12(22)20-10-15-7-8-17(26-15)27(24,25)21-11-14-6-4-3-5-13(14)9-16(21)18(23)19-2/h3-8,16H,9-11H2,1-2H3,(H,19,23)(H,20,22)/t16-/m0/s1. The van der Waals surface area contributed by atoms with Crippen molar-refractivity contribution in [1.29, 1.82) is 0 Å². The summed E-state index contributed by atoms with van der Waals surface area (Å²) in [6.45, 7) is 1.83. The van der Waals surface area contributed by atoms with Gasteiger partial charge in [0.05, 0.1) is 6.54 Å². The zero-order valence-corrected chi connectivity index (χ0v) is 16.7. The Balaban J connectivity index is 1.93. The number of carbonyl (C=O) groups is 2. The van der Waals surface area contributed by atoms with Crippen molar-refractivity contribution >= 4 is 33.2 Å². The highest BCUT2D eigenvalue weighted by Gasteiger charge is 2.39. The van der Waals surface area contributed by atoms with E-state index in [0.717, 1.165) is 27.3 Å². The molecule has 27 heavy (non-hydrogen) atoms. The minimum absolute atomic E-state index is 0.148. The number of hydrogen-bond donors (Lipinski definition) is 2. The molecule has 0 unspecified atom stereocenters. The summed E-state index contributed by atoms with van der Waals surface area (Å²) in [7, 11) is -2.34. The van der Waals surface area contributed by atoms with Crippen molar-refractivity contribution in [2.75, 3.05) is 7.05 Å². The Labute approximate surface area is 162 Å². The zero-order chi connectivity index (χ0) is 19.6. The van der Waals surface area contributed by atoms with Crippen molar-refractivity contribution in [3.05, 3.63) is 52.4 Å². The molecule has 1 aromatic heterocycles. The predicted octanol–water partition coefficient (Wildman–Crippen LogP) is 1.25. The maximum Gasteiger partial charge on any atom is 0.253 e. The van der Waals surface area contributed by atoms with Gasteiger partial charge in [0.2, 0.25) is 11.8 Å². The second-order valence-corrected chi connectivity index (χ2v) is 9.57. The molecule has 0 radical (unpaired) electrons. The Morgan fingerprint density at radius 3 is 2.56 bits per heavy atom. The molecule has 0 saturated carbocycles. The molecule has 1 aromatic carbocycles. The molecule has 144 valence electrons. The van der Waals surface area contributed by atoms with Gasteiger partial charge in [-0.05, 0) is 29.7 Å². The van der Waals surface area contributed by atoms with Gasteiger partial charge in [-0.2, -0.15) is 4.31 Å². The van der Waals surface area contributed by atoms with E-state index in [4.69, 9.17) is 0 Å². The molecule has 0 saturated heterocycles. The molecular weight excluding hydrogens is 386 g/mol. The second kappa shape index (κ2) is 7.79. The van der Waals surface area contributed by atoms with Gasteiger partial charge in [-0.1, -0.05) is 24.3 Å². The minimum Gasteiger partial charge on any atom is -0.358 e. The number of sulfonamides is 1. The van der Waals surface area contributed by atoms with Crippen molar-refractivity contribution in [2.45, 2.75) is 36.7 Å². The summed E-state index contributed by atoms with van der Waals surface area (Å²) in [6, 6.07) is 9.97. The molecule has 2 aromatic rings. The largest absolute Gasteiger partial charge is 0.358 e. The van der Waals surface area contributed by atoms with Crippen LogP contribution in [0.2, 0.25) is 0 Å². The van der Waals surface area contributed by atoms with Crippen LogP contribution in [0.15, 0.2) is 40.6 Å². The number of fused-ring (bicyclic) bond motifs is 1. The van der Waals surface area contributed by atoms with Crippen LogP contribution in [-0.2, 0) is 39.1 Å². The van der Waals surface area contributed by atoms with Crippen LogP contribution in [0.1, 0.15) is 22.9 Å². The Bertz CT molecular complexity index is 968. The summed E-state index contributed by atoms with van der Waals surface area (Å²) >= 11 is 1.10. The highest BCUT2D eigenvalue weighted by molar-refractivity contribution is 7.91. The lowest BCUT2D eigenvalue weighted by Gasteiger charge is -2.34. The molecule has 0 spiro atoms. The van der Waals surface area contributed by atoms with E-state index < -0.39 is 16.1 Å². The predicted molar refractivity (Wildman–Crippen MR) is 103 cm³/mol. The molecule has 9 heteroatoms. The van der Waals surface area contributed by atoms with Crippen molar-refractivity contribution in [2.24, 2.45) is 0 Å². The molecule has 2 amide bonds. The van der Waals surface area contributed by atoms with Crippen molar-refractivity contribution < 1.29 is 18.0 Å². The van der Waals surface area contributed by atoms with E-state index in [-0.39, 0.29) is 29.1 Å². The van der Waals surface area contributed by atoms with E-state index in [2.05, 4.69) is 10.6 Å². The van der Waals surface area contributed by atoms with E-state index in [1.807, 2.05) is 24.3 Å². The molecule has 0 fully saturated rings. The Morgan fingerprint density at radius 2 is 1.89 bits per heavy atom. The smallest absolute Gasteiger partial charge is 0.253 e. The quantitative estimate of drug-likeness (QED) is 0.780. The van der Waals surface area contributed by atoms with Crippen LogP contribution in [0.25, 0.3) is 0 Å². The molecule has 7 nitrogen and oxygen atoms in total. The number of amides is 2. The van der Waals surface area contributed by atoms with Gasteiger partial charge in [-0.3, -0.25) is 9.59 Å². The average Bonchev–Trinajstić information content (AvgIpc) is 3.14. The van der Waals surface area contributed by atoms with Crippen LogP contribution in [0.5, 0.6) is 0 Å². The van der Waals surface area contributed by atoms with Crippen LogP contribution < -0.4 is 10.6 Å². The van der Waals surface area contributed by atoms with Crippen molar-refractivity contribution in [3.63, 3.8) is 0 Å². The van der Waals surface area contributed by atoms with E-state index >= 15 is 0 Å². The highest BCUT2D eigenvalue weighted by atomic mass is 32.2. The lowest BCUT2D eigenvalue weighted by molar-refractivity contribution is -0.124. The maximum atomic E-state index is 13.2. The first-order valence-corrected chi connectivity index (χ1v) is 10.7. The fourth-order valence-electron chi connectivity index (χ4n) is 3.06. The van der Waals surface area contributed by atoms with E-state index in [9.17, 15) is 18.0 Å². The summed E-state index contributed by atoms with van der Waals surface area (Å²) in [5.41, 5.74) is 1.88. The van der Waals surface area contributed by atoms with Crippen LogP contribution in [0.4, 0.5) is 0 Å². The molecule has 0 aliphatic carbocycles. The monoisotopic (exact) mass is 407 g/mol. The van der Waals surface area contributed by atoms with Crippen molar-refractivity contribution in [3.8, 4) is 0 Å². The van der Waals surface area contributed by atoms with Crippen LogP contribution in [0, 0.1) is 0 Å².